The van der Waals surface area contributed by atoms with E-state index in [9.17, 15) is 9.50 Å². The highest BCUT2D eigenvalue weighted by molar-refractivity contribution is 5.79. The van der Waals surface area contributed by atoms with E-state index in [4.69, 9.17) is 0 Å². The maximum Gasteiger partial charge on any atom is 0.154 e. The number of hydrogen-bond acceptors (Lipinski definition) is 2. The van der Waals surface area contributed by atoms with Crippen LogP contribution in [0.25, 0.3) is 10.9 Å². The van der Waals surface area contributed by atoms with Crippen molar-refractivity contribution in [2.75, 3.05) is 0 Å². The van der Waals surface area contributed by atoms with E-state index in [2.05, 4.69) is 10.2 Å². The van der Waals surface area contributed by atoms with Crippen molar-refractivity contribution in [3.63, 3.8) is 0 Å². The lowest BCUT2D eigenvalue weighted by Gasteiger charge is -2.18. The Hall–Kier alpha value is -1.42. The smallest absolute Gasteiger partial charge is 0.154 e. The van der Waals surface area contributed by atoms with E-state index >= 15 is 0 Å². The molecule has 1 aromatic heterocycles. The third-order valence-electron chi connectivity index (χ3n) is 2.21. The van der Waals surface area contributed by atoms with Crippen molar-refractivity contribution in [2.45, 2.75) is 19.4 Å². The van der Waals surface area contributed by atoms with E-state index in [0.29, 0.717) is 10.9 Å². The summed E-state index contributed by atoms with van der Waals surface area (Å²) in [6, 6.07) is 3.31. The number of hydrogen-bond donors (Lipinski definition) is 2. The molecule has 4 heteroatoms. The molecule has 3 nitrogen and oxygen atoms in total. The van der Waals surface area contributed by atoms with Crippen LogP contribution in [0, 0.1) is 5.82 Å². The zero-order chi connectivity index (χ0) is 10.3. The molecular weight excluding hydrogens is 183 g/mol. The molecule has 0 unspecified atom stereocenters. The van der Waals surface area contributed by atoms with Gasteiger partial charge < -0.3 is 5.11 Å². The number of aliphatic hydroxyl groups is 1. The van der Waals surface area contributed by atoms with Gasteiger partial charge in [0.25, 0.3) is 0 Å². The molecule has 0 atom stereocenters. The summed E-state index contributed by atoms with van der Waals surface area (Å²) in [6.45, 7) is 3.10. The first kappa shape index (κ1) is 9.15. The minimum Gasteiger partial charge on any atom is -0.386 e. The predicted molar refractivity (Wildman–Crippen MR) is 51.3 cm³/mol. The second-order valence-corrected chi connectivity index (χ2v) is 3.82. The number of rotatable bonds is 1. The number of fused-ring (bicyclic) bond motifs is 1. The quantitative estimate of drug-likeness (QED) is 0.728. The molecule has 0 saturated heterocycles. The molecule has 74 valence electrons. The molecule has 2 rings (SSSR count). The number of nitrogens with one attached hydrogen (secondary N) is 1. The van der Waals surface area contributed by atoms with E-state index in [0.717, 1.165) is 0 Å². The van der Waals surface area contributed by atoms with Crippen LogP contribution in [0.2, 0.25) is 0 Å². The fourth-order valence-electron chi connectivity index (χ4n) is 1.45. The molecule has 14 heavy (non-hydrogen) atoms. The molecule has 0 saturated carbocycles. The zero-order valence-electron chi connectivity index (χ0n) is 8.00. The average Bonchev–Trinajstić information content (AvgIpc) is 2.50. The molecule has 0 aliphatic carbocycles. The molecule has 0 radical (unpaired) electrons. The lowest BCUT2D eigenvalue weighted by atomic mass is 9.97. The van der Waals surface area contributed by atoms with Gasteiger partial charge in [-0.2, -0.15) is 5.10 Å². The molecule has 2 N–H and O–H groups in total. The van der Waals surface area contributed by atoms with Gasteiger partial charge in [-0.15, -0.1) is 0 Å². The Labute approximate surface area is 80.6 Å². The number of nitrogens with zero attached hydrogens (tertiary/aromatic N) is 1. The van der Waals surface area contributed by atoms with Gasteiger partial charge in [0.2, 0.25) is 0 Å². The number of halogens is 1. The summed E-state index contributed by atoms with van der Waals surface area (Å²) in [6.07, 6.45) is 1.55. The van der Waals surface area contributed by atoms with Crippen LogP contribution >= 0.6 is 0 Å². The standard InChI is InChI=1S/C10H11FN2O/c1-10(2,14)7-4-3-6-5-12-13-9(6)8(7)11/h3-5,14H,1-2H3,(H,12,13). The third-order valence-corrected chi connectivity index (χ3v) is 2.21. The van der Waals surface area contributed by atoms with Gasteiger partial charge in [-0.25, -0.2) is 4.39 Å². The van der Waals surface area contributed by atoms with Crippen LogP contribution in [0.4, 0.5) is 4.39 Å². The van der Waals surface area contributed by atoms with Crippen LogP contribution in [0.3, 0.4) is 0 Å². The Morgan fingerprint density at radius 2 is 2.14 bits per heavy atom. The molecule has 1 heterocycles. The molecule has 0 bridgehead atoms. The van der Waals surface area contributed by atoms with Crippen molar-refractivity contribution in [2.24, 2.45) is 0 Å². The maximum absolute atomic E-state index is 13.8. The molecule has 0 amide bonds. The summed E-state index contributed by atoms with van der Waals surface area (Å²) in [4.78, 5) is 0. The summed E-state index contributed by atoms with van der Waals surface area (Å²) < 4.78 is 13.8. The minimum absolute atomic E-state index is 0.272. The fourth-order valence-corrected chi connectivity index (χ4v) is 1.45. The molecular formula is C10H11FN2O. The van der Waals surface area contributed by atoms with Crippen LogP contribution in [-0.2, 0) is 5.60 Å². The van der Waals surface area contributed by atoms with Gasteiger partial charge in [-0.1, -0.05) is 12.1 Å². The van der Waals surface area contributed by atoms with Crippen molar-refractivity contribution < 1.29 is 9.50 Å². The first-order chi connectivity index (χ1) is 6.50. The van der Waals surface area contributed by atoms with Gasteiger partial charge >= 0.3 is 0 Å². The Balaban J connectivity index is 2.74. The molecule has 0 spiro atoms. The molecule has 1 aromatic carbocycles. The molecule has 2 aromatic rings. The second kappa shape index (κ2) is 2.78. The maximum atomic E-state index is 13.8. The number of H-pyrrole nitrogens is 1. The highest BCUT2D eigenvalue weighted by Gasteiger charge is 2.22. The minimum atomic E-state index is -1.18. The van der Waals surface area contributed by atoms with Crippen LogP contribution in [0.1, 0.15) is 19.4 Å². The summed E-state index contributed by atoms with van der Waals surface area (Å²) in [5.74, 6) is -0.437. The largest absolute Gasteiger partial charge is 0.386 e. The normalized spacial score (nSPS) is 12.3. The fraction of sp³-hybridized carbons (Fsp3) is 0.300. The van der Waals surface area contributed by atoms with Crippen molar-refractivity contribution in [3.8, 4) is 0 Å². The topological polar surface area (TPSA) is 48.9 Å². The Kier molecular flexibility index (Phi) is 1.82. The van der Waals surface area contributed by atoms with Gasteiger partial charge in [-0.3, -0.25) is 5.10 Å². The van der Waals surface area contributed by atoms with E-state index in [1.54, 1.807) is 32.2 Å². The molecule has 0 aliphatic rings. The third kappa shape index (κ3) is 1.28. The van der Waals surface area contributed by atoms with Crippen molar-refractivity contribution in [1.82, 2.24) is 10.2 Å². The molecule has 0 fully saturated rings. The zero-order valence-corrected chi connectivity index (χ0v) is 8.00. The van der Waals surface area contributed by atoms with Crippen LogP contribution < -0.4 is 0 Å². The van der Waals surface area contributed by atoms with Gasteiger partial charge in [0.15, 0.2) is 5.82 Å². The van der Waals surface area contributed by atoms with Gasteiger partial charge in [0, 0.05) is 10.9 Å². The highest BCUT2D eigenvalue weighted by Crippen LogP contribution is 2.27. The van der Waals surface area contributed by atoms with E-state index in [1.807, 2.05) is 0 Å². The van der Waals surface area contributed by atoms with Crippen LogP contribution in [-0.4, -0.2) is 15.3 Å². The Morgan fingerprint density at radius 3 is 2.79 bits per heavy atom. The lowest BCUT2D eigenvalue weighted by Crippen LogP contribution is -2.17. The summed E-state index contributed by atoms with van der Waals surface area (Å²) in [5, 5.41) is 16.7. The highest BCUT2D eigenvalue weighted by atomic mass is 19.1. The van der Waals surface area contributed by atoms with Gasteiger partial charge in [0.1, 0.15) is 5.52 Å². The monoisotopic (exact) mass is 194 g/mol. The first-order valence-electron chi connectivity index (χ1n) is 4.34. The van der Waals surface area contributed by atoms with Crippen molar-refractivity contribution >= 4 is 10.9 Å². The van der Waals surface area contributed by atoms with Gasteiger partial charge in [0.05, 0.1) is 11.8 Å². The van der Waals surface area contributed by atoms with Crippen LogP contribution in [0.15, 0.2) is 18.3 Å². The number of aromatic amines is 1. The average molecular weight is 194 g/mol. The van der Waals surface area contributed by atoms with E-state index in [-0.39, 0.29) is 5.56 Å². The second-order valence-electron chi connectivity index (χ2n) is 3.82. The summed E-state index contributed by atoms with van der Waals surface area (Å²) >= 11 is 0. The number of benzene rings is 1. The van der Waals surface area contributed by atoms with Crippen molar-refractivity contribution in [3.05, 3.63) is 29.7 Å². The predicted octanol–water partition coefficient (Wildman–Crippen LogP) is 1.93. The van der Waals surface area contributed by atoms with Crippen molar-refractivity contribution in [1.29, 1.82) is 0 Å². The molecule has 0 aliphatic heterocycles. The van der Waals surface area contributed by atoms with E-state index < -0.39 is 11.4 Å². The SMILES string of the molecule is CC(C)(O)c1ccc2cn[nH]c2c1F. The lowest BCUT2D eigenvalue weighted by molar-refractivity contribution is 0.0748. The first-order valence-corrected chi connectivity index (χ1v) is 4.34. The van der Waals surface area contributed by atoms with Crippen LogP contribution in [0.5, 0.6) is 0 Å². The van der Waals surface area contributed by atoms with E-state index in [1.165, 1.54) is 0 Å². The van der Waals surface area contributed by atoms with Gasteiger partial charge in [-0.05, 0) is 13.8 Å². The Morgan fingerprint density at radius 1 is 1.43 bits per heavy atom. The summed E-state index contributed by atoms with van der Waals surface area (Å²) in [5.41, 5.74) is -0.567. The summed E-state index contributed by atoms with van der Waals surface area (Å²) in [7, 11) is 0. The number of aromatic nitrogens is 2. The Bertz CT molecular complexity index is 470.